The minimum Gasteiger partial charge on any atom is -0.332 e. The zero-order valence-electron chi connectivity index (χ0n) is 13.4. The monoisotopic (exact) mass is 334 g/mol. The van der Waals surface area contributed by atoms with E-state index in [1.807, 2.05) is 73.7 Å². The van der Waals surface area contributed by atoms with E-state index < -0.39 is 0 Å². The fourth-order valence-corrected chi connectivity index (χ4v) is 2.82. The summed E-state index contributed by atoms with van der Waals surface area (Å²) < 4.78 is 0. The molecule has 0 spiro atoms. The maximum atomic E-state index is 12.3. The van der Waals surface area contributed by atoms with E-state index in [9.17, 15) is 4.79 Å². The molecule has 3 rings (SSSR count). The maximum Gasteiger partial charge on any atom is 0.230 e. The molecule has 3 aromatic rings. The minimum atomic E-state index is -0.129. The van der Waals surface area contributed by atoms with Crippen molar-refractivity contribution in [3.05, 3.63) is 77.9 Å². The molecular formula is C20H18N2OS. The number of hydrogen-bond acceptors (Lipinski definition) is 2. The number of carbonyl (C=O) groups is 1. The van der Waals surface area contributed by atoms with Crippen LogP contribution in [-0.2, 0) is 11.2 Å². The average molecular weight is 334 g/mol. The van der Waals surface area contributed by atoms with Crippen LogP contribution in [0.2, 0.25) is 0 Å². The van der Waals surface area contributed by atoms with Crippen LogP contribution in [-0.4, -0.2) is 11.0 Å². The van der Waals surface area contributed by atoms with E-state index in [4.69, 9.17) is 12.2 Å². The SMILES string of the molecule is Cc1ccc(NC(=S)NC(=O)Cc2cccc3ccccc23)cc1. The number of anilines is 1. The van der Waals surface area contributed by atoms with Gasteiger partial charge in [-0.05, 0) is 47.6 Å². The van der Waals surface area contributed by atoms with E-state index in [1.54, 1.807) is 0 Å². The van der Waals surface area contributed by atoms with Gasteiger partial charge < -0.3 is 10.6 Å². The van der Waals surface area contributed by atoms with Gasteiger partial charge in [-0.3, -0.25) is 4.79 Å². The van der Waals surface area contributed by atoms with E-state index in [2.05, 4.69) is 10.6 Å². The second-order valence-corrected chi connectivity index (χ2v) is 6.09. The van der Waals surface area contributed by atoms with E-state index in [1.165, 1.54) is 5.56 Å². The first kappa shape index (κ1) is 16.1. The third kappa shape index (κ3) is 3.97. The Morgan fingerprint density at radius 2 is 1.67 bits per heavy atom. The lowest BCUT2D eigenvalue weighted by atomic mass is 10.0. The number of amides is 1. The highest BCUT2D eigenvalue weighted by Gasteiger charge is 2.08. The Bertz CT molecular complexity index is 882. The van der Waals surface area contributed by atoms with Crippen molar-refractivity contribution < 1.29 is 4.79 Å². The summed E-state index contributed by atoms with van der Waals surface area (Å²) in [4.78, 5) is 12.3. The van der Waals surface area contributed by atoms with Gasteiger partial charge in [0.05, 0.1) is 6.42 Å². The summed E-state index contributed by atoms with van der Waals surface area (Å²) in [5.41, 5.74) is 3.02. The van der Waals surface area contributed by atoms with Crippen LogP contribution in [0.5, 0.6) is 0 Å². The Balaban J connectivity index is 1.64. The molecule has 0 aliphatic heterocycles. The van der Waals surface area contributed by atoms with Crippen molar-refractivity contribution in [1.82, 2.24) is 5.32 Å². The van der Waals surface area contributed by atoms with E-state index in [0.29, 0.717) is 5.11 Å². The van der Waals surface area contributed by atoms with Gasteiger partial charge in [-0.15, -0.1) is 0 Å². The number of hydrogen-bond donors (Lipinski definition) is 2. The lowest BCUT2D eigenvalue weighted by Gasteiger charge is -2.11. The number of nitrogens with one attached hydrogen (secondary N) is 2. The van der Waals surface area contributed by atoms with Gasteiger partial charge in [0.2, 0.25) is 5.91 Å². The highest BCUT2D eigenvalue weighted by Crippen LogP contribution is 2.18. The second-order valence-electron chi connectivity index (χ2n) is 5.68. The van der Waals surface area contributed by atoms with Crippen LogP contribution in [0.1, 0.15) is 11.1 Å². The van der Waals surface area contributed by atoms with Gasteiger partial charge >= 0.3 is 0 Å². The third-order valence-electron chi connectivity index (χ3n) is 3.79. The predicted octanol–water partition coefficient (Wildman–Crippen LogP) is 4.20. The van der Waals surface area contributed by atoms with Crippen LogP contribution in [0, 0.1) is 6.92 Å². The number of carbonyl (C=O) groups excluding carboxylic acids is 1. The van der Waals surface area contributed by atoms with Crippen LogP contribution < -0.4 is 10.6 Å². The molecule has 0 heterocycles. The molecule has 0 aromatic heterocycles. The highest BCUT2D eigenvalue weighted by atomic mass is 32.1. The molecule has 24 heavy (non-hydrogen) atoms. The van der Waals surface area contributed by atoms with Crippen LogP contribution in [0.25, 0.3) is 10.8 Å². The summed E-state index contributed by atoms with van der Waals surface area (Å²) in [6.07, 6.45) is 0.289. The number of aryl methyl sites for hydroxylation is 1. The van der Waals surface area contributed by atoms with E-state index >= 15 is 0 Å². The number of rotatable bonds is 3. The summed E-state index contributed by atoms with van der Waals surface area (Å²) >= 11 is 5.21. The molecule has 0 unspecified atom stereocenters. The molecule has 0 atom stereocenters. The summed E-state index contributed by atoms with van der Waals surface area (Å²) in [5.74, 6) is -0.129. The zero-order chi connectivity index (χ0) is 16.9. The van der Waals surface area contributed by atoms with Gasteiger partial charge in [-0.1, -0.05) is 60.2 Å². The van der Waals surface area contributed by atoms with Crippen LogP contribution in [0.15, 0.2) is 66.7 Å². The summed E-state index contributed by atoms with van der Waals surface area (Å²) in [6.45, 7) is 2.02. The molecule has 0 radical (unpaired) electrons. The van der Waals surface area contributed by atoms with Crippen molar-refractivity contribution in [3.8, 4) is 0 Å². The van der Waals surface area contributed by atoms with E-state index in [0.717, 1.165) is 22.0 Å². The lowest BCUT2D eigenvalue weighted by molar-refractivity contribution is -0.119. The lowest BCUT2D eigenvalue weighted by Crippen LogP contribution is -2.35. The molecule has 0 aliphatic carbocycles. The summed E-state index contributed by atoms with van der Waals surface area (Å²) in [5, 5.41) is 8.29. The van der Waals surface area contributed by atoms with Gasteiger partial charge in [0.1, 0.15) is 0 Å². The normalized spacial score (nSPS) is 10.4. The van der Waals surface area contributed by atoms with Gasteiger partial charge in [0.15, 0.2) is 5.11 Å². The Kier molecular flexibility index (Phi) is 4.87. The molecule has 1 amide bonds. The summed E-state index contributed by atoms with van der Waals surface area (Å²) in [7, 11) is 0. The number of thiocarbonyl (C=S) groups is 1. The number of fused-ring (bicyclic) bond motifs is 1. The van der Waals surface area contributed by atoms with Crippen molar-refractivity contribution in [2.75, 3.05) is 5.32 Å². The largest absolute Gasteiger partial charge is 0.332 e. The molecule has 2 N–H and O–H groups in total. The molecular weight excluding hydrogens is 316 g/mol. The standard InChI is InChI=1S/C20H18N2OS/c1-14-9-11-17(12-10-14)21-20(24)22-19(23)13-16-7-4-6-15-5-2-3-8-18(15)16/h2-12H,13H2,1H3,(H2,21,22,23,24). The van der Waals surface area contributed by atoms with Crippen LogP contribution in [0.4, 0.5) is 5.69 Å². The van der Waals surface area contributed by atoms with Gasteiger partial charge in [-0.2, -0.15) is 0 Å². The Morgan fingerprint density at radius 3 is 2.46 bits per heavy atom. The number of benzene rings is 3. The Hall–Kier alpha value is -2.72. The van der Waals surface area contributed by atoms with Crippen molar-refractivity contribution in [2.45, 2.75) is 13.3 Å². The maximum absolute atomic E-state index is 12.3. The van der Waals surface area contributed by atoms with Crippen molar-refractivity contribution in [3.63, 3.8) is 0 Å². The van der Waals surface area contributed by atoms with Crippen molar-refractivity contribution in [2.24, 2.45) is 0 Å². The topological polar surface area (TPSA) is 41.1 Å². The van der Waals surface area contributed by atoms with Crippen LogP contribution in [0.3, 0.4) is 0 Å². The first-order chi connectivity index (χ1) is 11.6. The van der Waals surface area contributed by atoms with Gasteiger partial charge in [-0.25, -0.2) is 0 Å². The van der Waals surface area contributed by atoms with Gasteiger partial charge in [0, 0.05) is 5.69 Å². The highest BCUT2D eigenvalue weighted by molar-refractivity contribution is 7.80. The Morgan fingerprint density at radius 1 is 0.958 bits per heavy atom. The minimum absolute atomic E-state index is 0.129. The van der Waals surface area contributed by atoms with E-state index in [-0.39, 0.29) is 12.3 Å². The fraction of sp³-hybridized carbons (Fsp3) is 0.100. The first-order valence-electron chi connectivity index (χ1n) is 7.76. The second kappa shape index (κ2) is 7.23. The van der Waals surface area contributed by atoms with Crippen molar-refractivity contribution >= 4 is 39.7 Å². The van der Waals surface area contributed by atoms with Crippen molar-refractivity contribution in [1.29, 1.82) is 0 Å². The fourth-order valence-electron chi connectivity index (χ4n) is 2.59. The van der Waals surface area contributed by atoms with Gasteiger partial charge in [0.25, 0.3) is 0 Å². The smallest absolute Gasteiger partial charge is 0.230 e. The third-order valence-corrected chi connectivity index (χ3v) is 4.00. The molecule has 4 heteroatoms. The molecule has 3 aromatic carbocycles. The first-order valence-corrected chi connectivity index (χ1v) is 8.17. The molecule has 0 bridgehead atoms. The summed E-state index contributed by atoms with van der Waals surface area (Å²) in [6, 6.07) is 21.9. The zero-order valence-corrected chi connectivity index (χ0v) is 14.2. The molecule has 120 valence electrons. The quantitative estimate of drug-likeness (QED) is 0.705. The average Bonchev–Trinajstić information content (AvgIpc) is 2.57. The van der Waals surface area contributed by atoms with Crippen LogP contribution >= 0.6 is 12.2 Å². The predicted molar refractivity (Wildman–Crippen MR) is 103 cm³/mol. The molecule has 0 aliphatic rings. The Labute approximate surface area is 146 Å². The molecule has 0 saturated carbocycles. The molecule has 0 saturated heterocycles. The molecule has 3 nitrogen and oxygen atoms in total. The molecule has 0 fully saturated rings.